The van der Waals surface area contributed by atoms with E-state index in [1.165, 1.54) is 4.90 Å². The Hall–Kier alpha value is -3.86. The van der Waals surface area contributed by atoms with Crippen molar-refractivity contribution in [1.29, 1.82) is 0 Å². The Labute approximate surface area is 218 Å². The topological polar surface area (TPSA) is 90.9 Å². The predicted octanol–water partition coefficient (Wildman–Crippen LogP) is 4.22. The zero-order chi connectivity index (χ0) is 26.9. The van der Waals surface area contributed by atoms with E-state index in [4.69, 9.17) is 4.98 Å². The lowest BCUT2D eigenvalue weighted by molar-refractivity contribution is -0.162. The van der Waals surface area contributed by atoms with Crippen molar-refractivity contribution in [2.24, 2.45) is 0 Å². The maximum absolute atomic E-state index is 12.5. The maximum atomic E-state index is 12.5. The number of pyridine rings is 1. The van der Waals surface area contributed by atoms with Crippen LogP contribution in [0.25, 0.3) is 22.3 Å². The second-order valence-corrected chi connectivity index (χ2v) is 9.63. The number of nitrogens with zero attached hydrogens (tertiary/aromatic N) is 6. The summed E-state index contributed by atoms with van der Waals surface area (Å²) in [5.74, 6) is -0.0576. The number of carbonyl (C=O) groups excluding carboxylic acids is 1. The summed E-state index contributed by atoms with van der Waals surface area (Å²) < 4.78 is 37.6. The lowest BCUT2D eigenvalue weighted by atomic mass is 10.1. The molecular weight excluding hydrogens is 495 g/mol. The van der Waals surface area contributed by atoms with Crippen molar-refractivity contribution in [3.05, 3.63) is 71.2 Å². The van der Waals surface area contributed by atoms with Gasteiger partial charge >= 0.3 is 6.18 Å². The molecule has 0 spiro atoms. The molecule has 4 heterocycles. The molecule has 0 atom stereocenters. The van der Waals surface area contributed by atoms with Gasteiger partial charge in [0.15, 0.2) is 0 Å². The van der Waals surface area contributed by atoms with E-state index in [1.807, 2.05) is 44.2 Å². The molecule has 0 aliphatic carbocycles. The van der Waals surface area contributed by atoms with Crippen LogP contribution in [0.5, 0.6) is 0 Å². The highest BCUT2D eigenvalue weighted by Crippen LogP contribution is 2.26. The molecule has 198 valence electrons. The average Bonchev–Trinajstić information content (AvgIpc) is 3.27. The van der Waals surface area contributed by atoms with Crippen molar-refractivity contribution in [2.45, 2.75) is 39.4 Å². The van der Waals surface area contributed by atoms with Crippen LogP contribution in [0.1, 0.15) is 34.8 Å². The van der Waals surface area contributed by atoms with Crippen molar-refractivity contribution in [3.8, 4) is 11.3 Å². The van der Waals surface area contributed by atoms with Gasteiger partial charge in [0.1, 0.15) is 18.6 Å². The Morgan fingerprint density at radius 2 is 1.82 bits per heavy atom. The molecule has 3 aromatic heterocycles. The highest BCUT2D eigenvalue weighted by atomic mass is 19.4. The van der Waals surface area contributed by atoms with E-state index in [1.54, 1.807) is 12.5 Å². The third-order valence-electron chi connectivity index (χ3n) is 6.85. The number of fused-ring (bicyclic) bond motifs is 1. The standard InChI is InChI=1S/C27H28F3N7O/c1-17-18(2)32-16-33-26(17)20-3-4-22-23(12-20)35-24(34-22)13-21-11-19(5-6-31-21)15-36-7-9-37(10-8-36)25(38)14-27(28,29)30/h3-6,11-12,16H,7-10,13-15H2,1-2H3,(H,34,35). The van der Waals surface area contributed by atoms with Crippen LogP contribution in [0.2, 0.25) is 0 Å². The summed E-state index contributed by atoms with van der Waals surface area (Å²) in [6, 6.07) is 9.99. The number of rotatable bonds is 6. The summed E-state index contributed by atoms with van der Waals surface area (Å²) in [6.45, 7) is 6.26. The van der Waals surface area contributed by atoms with Crippen molar-refractivity contribution < 1.29 is 18.0 Å². The summed E-state index contributed by atoms with van der Waals surface area (Å²) in [5.41, 5.74) is 7.58. The number of imidazole rings is 1. The molecule has 1 fully saturated rings. The summed E-state index contributed by atoms with van der Waals surface area (Å²) in [7, 11) is 0. The predicted molar refractivity (Wildman–Crippen MR) is 136 cm³/mol. The summed E-state index contributed by atoms with van der Waals surface area (Å²) in [5, 5.41) is 0. The van der Waals surface area contributed by atoms with E-state index in [9.17, 15) is 18.0 Å². The Morgan fingerprint density at radius 1 is 1.03 bits per heavy atom. The highest BCUT2D eigenvalue weighted by molar-refractivity contribution is 5.82. The molecule has 11 heteroatoms. The third kappa shape index (κ3) is 5.99. The van der Waals surface area contributed by atoms with Crippen LogP contribution in [0, 0.1) is 13.8 Å². The number of H-pyrrole nitrogens is 1. The van der Waals surface area contributed by atoms with Crippen LogP contribution < -0.4 is 0 Å². The molecule has 1 amide bonds. The molecule has 1 N–H and O–H groups in total. The smallest absolute Gasteiger partial charge is 0.342 e. The Morgan fingerprint density at radius 3 is 2.58 bits per heavy atom. The number of halogens is 3. The van der Waals surface area contributed by atoms with Gasteiger partial charge in [-0.25, -0.2) is 15.0 Å². The first-order valence-corrected chi connectivity index (χ1v) is 12.4. The van der Waals surface area contributed by atoms with Gasteiger partial charge in [-0.05, 0) is 49.2 Å². The zero-order valence-electron chi connectivity index (χ0n) is 21.2. The summed E-state index contributed by atoms with van der Waals surface area (Å²) in [4.78, 5) is 36.6. The van der Waals surface area contributed by atoms with Gasteiger partial charge < -0.3 is 9.88 Å². The van der Waals surface area contributed by atoms with Gasteiger partial charge in [0, 0.05) is 62.3 Å². The van der Waals surface area contributed by atoms with Crippen molar-refractivity contribution >= 4 is 16.9 Å². The van der Waals surface area contributed by atoms with Crippen LogP contribution in [0.4, 0.5) is 13.2 Å². The number of aromatic nitrogens is 5. The first-order chi connectivity index (χ1) is 18.1. The Balaban J connectivity index is 1.23. The van der Waals surface area contributed by atoms with E-state index in [0.29, 0.717) is 39.1 Å². The fourth-order valence-corrected chi connectivity index (χ4v) is 4.71. The minimum Gasteiger partial charge on any atom is -0.342 e. The number of alkyl halides is 3. The molecule has 38 heavy (non-hydrogen) atoms. The lowest BCUT2D eigenvalue weighted by Gasteiger charge is -2.35. The van der Waals surface area contributed by atoms with Crippen molar-refractivity contribution in [1.82, 2.24) is 34.7 Å². The molecule has 1 aliphatic heterocycles. The van der Waals surface area contributed by atoms with Crippen LogP contribution in [0.3, 0.4) is 0 Å². The molecule has 0 saturated carbocycles. The first kappa shape index (κ1) is 25.8. The van der Waals surface area contributed by atoms with E-state index >= 15 is 0 Å². The number of hydrogen-bond donors (Lipinski definition) is 1. The molecular formula is C27H28F3N7O. The van der Waals surface area contributed by atoms with E-state index in [0.717, 1.165) is 50.6 Å². The minimum absolute atomic E-state index is 0.294. The second-order valence-electron chi connectivity index (χ2n) is 9.63. The second kappa shape index (κ2) is 10.5. The van der Waals surface area contributed by atoms with E-state index < -0.39 is 18.5 Å². The van der Waals surface area contributed by atoms with E-state index in [2.05, 4.69) is 24.8 Å². The van der Waals surface area contributed by atoms with Crippen molar-refractivity contribution in [2.75, 3.05) is 26.2 Å². The number of carbonyl (C=O) groups is 1. The van der Waals surface area contributed by atoms with Crippen LogP contribution in [-0.2, 0) is 17.8 Å². The highest BCUT2D eigenvalue weighted by Gasteiger charge is 2.34. The van der Waals surface area contributed by atoms with Gasteiger partial charge in [-0.2, -0.15) is 13.2 Å². The molecule has 4 aromatic rings. The molecule has 1 saturated heterocycles. The minimum atomic E-state index is -4.47. The molecule has 1 aromatic carbocycles. The third-order valence-corrected chi connectivity index (χ3v) is 6.85. The molecule has 0 bridgehead atoms. The monoisotopic (exact) mass is 523 g/mol. The summed E-state index contributed by atoms with van der Waals surface area (Å²) >= 11 is 0. The fourth-order valence-electron chi connectivity index (χ4n) is 4.71. The number of amides is 1. The molecule has 5 rings (SSSR count). The average molecular weight is 524 g/mol. The number of hydrogen-bond acceptors (Lipinski definition) is 6. The van der Waals surface area contributed by atoms with Crippen LogP contribution >= 0.6 is 0 Å². The Bertz CT molecular complexity index is 1460. The number of aryl methyl sites for hydroxylation is 1. The van der Waals surface area contributed by atoms with Gasteiger partial charge in [-0.3, -0.25) is 14.7 Å². The SMILES string of the molecule is Cc1ncnc(-c2ccc3nc(Cc4cc(CN5CCN(C(=O)CC(F)(F)F)CC5)ccn4)[nH]c3c2)c1C. The normalized spacial score (nSPS) is 14.8. The largest absolute Gasteiger partial charge is 0.397 e. The van der Waals surface area contributed by atoms with Crippen LogP contribution in [-0.4, -0.2) is 73.0 Å². The van der Waals surface area contributed by atoms with Gasteiger partial charge in [0.05, 0.1) is 16.7 Å². The lowest BCUT2D eigenvalue weighted by Crippen LogP contribution is -2.49. The van der Waals surface area contributed by atoms with Gasteiger partial charge in [-0.1, -0.05) is 6.07 Å². The maximum Gasteiger partial charge on any atom is 0.397 e. The Kier molecular flexibility index (Phi) is 7.11. The van der Waals surface area contributed by atoms with Gasteiger partial charge in [0.25, 0.3) is 0 Å². The number of benzene rings is 1. The molecule has 1 aliphatic rings. The number of piperazine rings is 1. The van der Waals surface area contributed by atoms with Crippen molar-refractivity contribution in [3.63, 3.8) is 0 Å². The zero-order valence-corrected chi connectivity index (χ0v) is 21.2. The fraction of sp³-hybridized carbons (Fsp3) is 0.370. The summed E-state index contributed by atoms with van der Waals surface area (Å²) in [6.07, 6.45) is -2.01. The van der Waals surface area contributed by atoms with Crippen LogP contribution in [0.15, 0.2) is 42.9 Å². The molecule has 0 unspecified atom stereocenters. The van der Waals surface area contributed by atoms with Gasteiger partial charge in [-0.15, -0.1) is 0 Å². The number of nitrogens with one attached hydrogen (secondary N) is 1. The number of aromatic amines is 1. The first-order valence-electron chi connectivity index (χ1n) is 12.4. The quantitative estimate of drug-likeness (QED) is 0.407. The van der Waals surface area contributed by atoms with Gasteiger partial charge in [0.2, 0.25) is 5.91 Å². The van der Waals surface area contributed by atoms with E-state index in [-0.39, 0.29) is 0 Å². The molecule has 8 nitrogen and oxygen atoms in total. The molecule has 0 radical (unpaired) electrons.